The van der Waals surface area contributed by atoms with Gasteiger partial charge in [0.1, 0.15) is 0 Å². The van der Waals surface area contributed by atoms with Gasteiger partial charge in [0.05, 0.1) is 6.04 Å². The van der Waals surface area contributed by atoms with Crippen LogP contribution in [0.15, 0.2) is 30.3 Å². The molecule has 0 radical (unpaired) electrons. The molecule has 1 aromatic carbocycles. The van der Waals surface area contributed by atoms with E-state index in [4.69, 9.17) is 5.73 Å². The second kappa shape index (κ2) is 6.56. The molecule has 2 saturated heterocycles. The number of anilines is 1. The fraction of sp³-hybridized carbons (Fsp3) is 0.562. The van der Waals surface area contributed by atoms with Crippen LogP contribution in [0.5, 0.6) is 0 Å². The quantitative estimate of drug-likeness (QED) is 0.870. The first-order valence-electron chi connectivity index (χ1n) is 7.82. The molecular formula is C16H24N4O. The number of carbonyl (C=O) groups is 1. The minimum atomic E-state index is 0.0604. The van der Waals surface area contributed by atoms with Crippen molar-refractivity contribution in [3.05, 3.63) is 30.3 Å². The van der Waals surface area contributed by atoms with E-state index in [1.807, 2.05) is 35.2 Å². The fourth-order valence-electron chi connectivity index (χ4n) is 3.35. The number of hydrogen-bond acceptors (Lipinski definition) is 4. The molecule has 5 nitrogen and oxygen atoms in total. The number of nitrogens with zero attached hydrogens (tertiary/aromatic N) is 3. The Balaban J connectivity index is 1.60. The Labute approximate surface area is 126 Å². The van der Waals surface area contributed by atoms with Crippen LogP contribution in [-0.2, 0) is 4.79 Å². The molecule has 2 N–H and O–H groups in total. The lowest BCUT2D eigenvalue weighted by molar-refractivity contribution is -0.122. The minimum absolute atomic E-state index is 0.0604. The summed E-state index contributed by atoms with van der Waals surface area (Å²) in [5, 5.41) is 0. The van der Waals surface area contributed by atoms with Crippen LogP contribution in [0, 0.1) is 0 Å². The molecule has 21 heavy (non-hydrogen) atoms. The normalized spacial score (nSPS) is 24.7. The number of amides is 1. The molecule has 114 valence electrons. The summed E-state index contributed by atoms with van der Waals surface area (Å²) in [4.78, 5) is 19.3. The van der Waals surface area contributed by atoms with Gasteiger partial charge in [-0.1, -0.05) is 18.2 Å². The van der Waals surface area contributed by atoms with Gasteiger partial charge in [0.15, 0.2) is 0 Å². The van der Waals surface area contributed by atoms with E-state index in [1.165, 1.54) is 0 Å². The van der Waals surface area contributed by atoms with Crippen LogP contribution in [0.1, 0.15) is 6.42 Å². The average molecular weight is 288 g/mol. The molecule has 2 heterocycles. The Morgan fingerprint density at radius 3 is 2.43 bits per heavy atom. The largest absolute Gasteiger partial charge is 0.329 e. The summed E-state index contributed by atoms with van der Waals surface area (Å²) in [6.45, 7) is 6.49. The molecule has 1 aromatic rings. The molecule has 5 heteroatoms. The molecule has 3 rings (SSSR count). The summed E-state index contributed by atoms with van der Waals surface area (Å²) in [5.41, 5.74) is 6.62. The molecule has 0 spiro atoms. The van der Waals surface area contributed by atoms with Crippen LogP contribution >= 0.6 is 0 Å². The Kier molecular flexibility index (Phi) is 4.53. The number of nitrogens with two attached hydrogens (primary N) is 1. The van der Waals surface area contributed by atoms with Crippen LogP contribution < -0.4 is 10.6 Å². The van der Waals surface area contributed by atoms with Gasteiger partial charge in [-0.3, -0.25) is 14.6 Å². The SMILES string of the molecule is NCCN1CCN(C2CCN(c3ccccc3)C2=O)CC1. The molecule has 2 fully saturated rings. The zero-order valence-corrected chi connectivity index (χ0v) is 12.4. The Bertz CT molecular complexity index is 470. The van der Waals surface area contributed by atoms with Crippen molar-refractivity contribution < 1.29 is 4.79 Å². The third-order valence-corrected chi connectivity index (χ3v) is 4.54. The van der Waals surface area contributed by atoms with Gasteiger partial charge in [0.2, 0.25) is 5.91 Å². The summed E-state index contributed by atoms with van der Waals surface area (Å²) in [5.74, 6) is 0.258. The summed E-state index contributed by atoms with van der Waals surface area (Å²) < 4.78 is 0. The van der Waals surface area contributed by atoms with Gasteiger partial charge in [0.25, 0.3) is 0 Å². The van der Waals surface area contributed by atoms with Crippen LogP contribution in [0.3, 0.4) is 0 Å². The highest BCUT2D eigenvalue weighted by molar-refractivity contribution is 5.99. The summed E-state index contributed by atoms with van der Waals surface area (Å²) in [6.07, 6.45) is 0.935. The van der Waals surface area contributed by atoms with Gasteiger partial charge in [-0.05, 0) is 18.6 Å². The first-order valence-corrected chi connectivity index (χ1v) is 7.82. The zero-order chi connectivity index (χ0) is 14.7. The third-order valence-electron chi connectivity index (χ3n) is 4.54. The van der Waals surface area contributed by atoms with Gasteiger partial charge < -0.3 is 10.6 Å². The molecular weight excluding hydrogens is 264 g/mol. The number of piperazine rings is 1. The first-order chi connectivity index (χ1) is 10.3. The van der Waals surface area contributed by atoms with Gasteiger partial charge in [-0.15, -0.1) is 0 Å². The Morgan fingerprint density at radius 1 is 1.05 bits per heavy atom. The fourth-order valence-corrected chi connectivity index (χ4v) is 3.35. The lowest BCUT2D eigenvalue weighted by Crippen LogP contribution is -2.53. The topological polar surface area (TPSA) is 52.8 Å². The van der Waals surface area contributed by atoms with Gasteiger partial charge in [0, 0.05) is 51.5 Å². The minimum Gasteiger partial charge on any atom is -0.329 e. The molecule has 1 atom stereocenters. The number of benzene rings is 1. The summed E-state index contributed by atoms with van der Waals surface area (Å²) in [6, 6.07) is 10.0. The molecule has 1 unspecified atom stereocenters. The van der Waals surface area contributed by atoms with E-state index in [0.29, 0.717) is 6.54 Å². The summed E-state index contributed by atoms with van der Waals surface area (Å²) >= 11 is 0. The van der Waals surface area contributed by atoms with Crippen molar-refractivity contribution in [1.82, 2.24) is 9.80 Å². The maximum Gasteiger partial charge on any atom is 0.244 e. The number of rotatable bonds is 4. The zero-order valence-electron chi connectivity index (χ0n) is 12.4. The van der Waals surface area contributed by atoms with E-state index in [0.717, 1.165) is 51.4 Å². The number of carbonyl (C=O) groups excluding carboxylic acids is 1. The molecule has 2 aliphatic rings. The van der Waals surface area contributed by atoms with Crippen molar-refractivity contribution in [2.75, 3.05) is 50.7 Å². The first kappa shape index (κ1) is 14.5. The van der Waals surface area contributed by atoms with Gasteiger partial charge in [-0.25, -0.2) is 0 Å². The lowest BCUT2D eigenvalue weighted by atomic mass is 10.2. The van der Waals surface area contributed by atoms with Crippen molar-refractivity contribution in [2.45, 2.75) is 12.5 Å². The Hall–Kier alpha value is -1.43. The number of hydrogen-bond donors (Lipinski definition) is 1. The Morgan fingerprint density at radius 2 is 1.76 bits per heavy atom. The highest BCUT2D eigenvalue weighted by Gasteiger charge is 2.37. The van der Waals surface area contributed by atoms with Crippen LogP contribution in [0.25, 0.3) is 0 Å². The van der Waals surface area contributed by atoms with Crippen molar-refractivity contribution >= 4 is 11.6 Å². The second-order valence-electron chi connectivity index (χ2n) is 5.80. The van der Waals surface area contributed by atoms with Crippen LogP contribution in [0.2, 0.25) is 0 Å². The molecule has 0 aliphatic carbocycles. The monoisotopic (exact) mass is 288 g/mol. The predicted octanol–water partition coefficient (Wildman–Crippen LogP) is 0.368. The van der Waals surface area contributed by atoms with E-state index in [2.05, 4.69) is 9.80 Å². The van der Waals surface area contributed by atoms with Crippen LogP contribution in [-0.4, -0.2) is 67.6 Å². The maximum atomic E-state index is 12.7. The average Bonchev–Trinajstić information content (AvgIpc) is 2.91. The highest BCUT2D eigenvalue weighted by Crippen LogP contribution is 2.24. The van der Waals surface area contributed by atoms with E-state index in [1.54, 1.807) is 0 Å². The predicted molar refractivity (Wildman–Crippen MR) is 84.3 cm³/mol. The standard InChI is InChI=1S/C16H24N4O/c17-7-9-18-10-12-19(13-11-18)15-6-8-20(16(15)21)14-4-2-1-3-5-14/h1-5,15H,6-13,17H2. The second-order valence-corrected chi connectivity index (χ2v) is 5.80. The molecule has 2 aliphatic heterocycles. The lowest BCUT2D eigenvalue weighted by Gasteiger charge is -2.37. The number of para-hydroxylation sites is 1. The van der Waals surface area contributed by atoms with E-state index in [9.17, 15) is 4.79 Å². The third kappa shape index (κ3) is 3.10. The molecule has 1 amide bonds. The molecule has 0 aromatic heterocycles. The van der Waals surface area contributed by atoms with Crippen LogP contribution in [0.4, 0.5) is 5.69 Å². The van der Waals surface area contributed by atoms with Crippen molar-refractivity contribution in [3.8, 4) is 0 Å². The smallest absolute Gasteiger partial charge is 0.244 e. The van der Waals surface area contributed by atoms with Crippen molar-refractivity contribution in [1.29, 1.82) is 0 Å². The summed E-state index contributed by atoms with van der Waals surface area (Å²) in [7, 11) is 0. The van der Waals surface area contributed by atoms with E-state index >= 15 is 0 Å². The maximum absolute atomic E-state index is 12.7. The van der Waals surface area contributed by atoms with Gasteiger partial charge in [-0.2, -0.15) is 0 Å². The van der Waals surface area contributed by atoms with E-state index < -0.39 is 0 Å². The van der Waals surface area contributed by atoms with Gasteiger partial charge >= 0.3 is 0 Å². The van der Waals surface area contributed by atoms with Crippen molar-refractivity contribution in [3.63, 3.8) is 0 Å². The molecule has 0 saturated carbocycles. The molecule has 0 bridgehead atoms. The van der Waals surface area contributed by atoms with E-state index in [-0.39, 0.29) is 11.9 Å². The van der Waals surface area contributed by atoms with Crippen molar-refractivity contribution in [2.24, 2.45) is 5.73 Å². The highest BCUT2D eigenvalue weighted by atomic mass is 16.2.